The Morgan fingerprint density at radius 3 is 2.90 bits per heavy atom. The van der Waals surface area contributed by atoms with Crippen LogP contribution in [0.1, 0.15) is 35.2 Å². The van der Waals surface area contributed by atoms with Crippen molar-refractivity contribution < 1.29 is 9.90 Å². The van der Waals surface area contributed by atoms with Crippen LogP contribution in [-0.4, -0.2) is 28.8 Å². The number of aliphatic hydroxyl groups is 1. The van der Waals surface area contributed by atoms with Gasteiger partial charge < -0.3 is 15.7 Å². The summed E-state index contributed by atoms with van der Waals surface area (Å²) in [6, 6.07) is -0.101. The molecule has 2 aliphatic carbocycles. The van der Waals surface area contributed by atoms with Gasteiger partial charge in [0.1, 0.15) is 5.01 Å². The minimum atomic E-state index is -0.145. The zero-order valence-corrected chi connectivity index (χ0v) is 12.9. The summed E-state index contributed by atoms with van der Waals surface area (Å²) >= 11 is 1.65. The Labute approximate surface area is 128 Å². The number of aliphatic hydroxyl groups excluding tert-OH is 1. The number of nitrogens with one attached hydrogen (secondary N) is 2. The van der Waals surface area contributed by atoms with E-state index in [2.05, 4.69) is 15.6 Å². The van der Waals surface area contributed by atoms with Crippen molar-refractivity contribution in [3.63, 3.8) is 0 Å². The standard InChI is InChI=1S/C15H21N3O2S/c1-9-7-16-14(21-9)13(11-3-4-11)18-15(20)17-12-5-2-10(6-12)8-19/h2,5,7,10-13,19H,3-4,6,8H2,1H3,(H2,17,18,20)/t10-,12+,13?/m0/s1. The van der Waals surface area contributed by atoms with Gasteiger partial charge in [0.05, 0.1) is 6.04 Å². The Morgan fingerprint density at radius 2 is 2.33 bits per heavy atom. The number of hydrogen-bond donors (Lipinski definition) is 3. The van der Waals surface area contributed by atoms with E-state index in [1.54, 1.807) is 11.3 Å². The number of aryl methyl sites for hydroxylation is 1. The number of amides is 2. The summed E-state index contributed by atoms with van der Waals surface area (Å²) in [5, 5.41) is 16.1. The molecule has 5 nitrogen and oxygen atoms in total. The van der Waals surface area contributed by atoms with Gasteiger partial charge in [0.15, 0.2) is 0 Å². The quantitative estimate of drug-likeness (QED) is 0.730. The van der Waals surface area contributed by atoms with Crippen LogP contribution in [-0.2, 0) is 0 Å². The maximum absolute atomic E-state index is 12.2. The number of carbonyl (C=O) groups excluding carboxylic acids is 1. The third kappa shape index (κ3) is 3.63. The molecule has 2 aliphatic rings. The first-order valence-electron chi connectivity index (χ1n) is 7.44. The second-order valence-corrected chi connectivity index (χ2v) is 7.18. The van der Waals surface area contributed by atoms with Gasteiger partial charge in [0, 0.05) is 29.6 Å². The van der Waals surface area contributed by atoms with E-state index in [0.29, 0.717) is 5.92 Å². The molecule has 21 heavy (non-hydrogen) atoms. The van der Waals surface area contributed by atoms with Crippen LogP contribution in [0.3, 0.4) is 0 Å². The average Bonchev–Trinajstić information content (AvgIpc) is 3.06. The van der Waals surface area contributed by atoms with Gasteiger partial charge in [0.2, 0.25) is 0 Å². The largest absolute Gasteiger partial charge is 0.396 e. The summed E-state index contributed by atoms with van der Waals surface area (Å²) < 4.78 is 0. The maximum atomic E-state index is 12.2. The number of urea groups is 1. The van der Waals surface area contributed by atoms with E-state index >= 15 is 0 Å². The van der Waals surface area contributed by atoms with E-state index in [-0.39, 0.29) is 30.6 Å². The van der Waals surface area contributed by atoms with Crippen molar-refractivity contribution in [2.45, 2.75) is 38.3 Å². The SMILES string of the molecule is Cc1cnc(C(NC(=O)N[C@@H]2C=C[C@H](CO)C2)C2CC2)s1. The van der Waals surface area contributed by atoms with E-state index in [1.807, 2.05) is 25.3 Å². The highest BCUT2D eigenvalue weighted by Crippen LogP contribution is 2.42. The molecule has 6 heteroatoms. The van der Waals surface area contributed by atoms with Crippen LogP contribution in [0.4, 0.5) is 4.79 Å². The predicted molar refractivity (Wildman–Crippen MR) is 82.1 cm³/mol. The molecule has 1 saturated carbocycles. The Balaban J connectivity index is 1.56. The number of hydrogen-bond acceptors (Lipinski definition) is 4. The molecule has 0 spiro atoms. The first-order valence-corrected chi connectivity index (χ1v) is 8.26. The molecule has 114 valence electrons. The fourth-order valence-corrected chi connectivity index (χ4v) is 3.61. The second-order valence-electron chi connectivity index (χ2n) is 5.91. The number of thiazole rings is 1. The smallest absolute Gasteiger partial charge is 0.315 e. The maximum Gasteiger partial charge on any atom is 0.315 e. The Morgan fingerprint density at radius 1 is 1.52 bits per heavy atom. The topological polar surface area (TPSA) is 74.2 Å². The molecule has 3 atom stereocenters. The molecule has 1 heterocycles. The molecule has 0 saturated heterocycles. The molecular weight excluding hydrogens is 286 g/mol. The van der Waals surface area contributed by atoms with Crippen LogP contribution >= 0.6 is 11.3 Å². The van der Waals surface area contributed by atoms with E-state index in [0.717, 1.165) is 24.3 Å². The number of nitrogens with zero attached hydrogens (tertiary/aromatic N) is 1. The Kier molecular flexibility index (Phi) is 4.26. The molecule has 1 aromatic rings. The van der Waals surface area contributed by atoms with Gasteiger partial charge in [-0.3, -0.25) is 0 Å². The van der Waals surface area contributed by atoms with Crippen LogP contribution < -0.4 is 10.6 Å². The zero-order valence-electron chi connectivity index (χ0n) is 12.1. The Bertz CT molecular complexity index is 539. The molecule has 0 aliphatic heterocycles. The molecule has 3 rings (SSSR count). The monoisotopic (exact) mass is 307 g/mol. The summed E-state index contributed by atoms with van der Waals surface area (Å²) in [7, 11) is 0. The average molecular weight is 307 g/mol. The highest BCUT2D eigenvalue weighted by atomic mass is 32.1. The van der Waals surface area contributed by atoms with E-state index in [4.69, 9.17) is 5.11 Å². The van der Waals surface area contributed by atoms with Gasteiger partial charge >= 0.3 is 6.03 Å². The van der Waals surface area contributed by atoms with Crippen molar-refractivity contribution in [3.8, 4) is 0 Å². The van der Waals surface area contributed by atoms with Crippen molar-refractivity contribution in [3.05, 3.63) is 28.2 Å². The van der Waals surface area contributed by atoms with Crippen LogP contribution in [0, 0.1) is 18.8 Å². The van der Waals surface area contributed by atoms with Crippen LogP contribution in [0.25, 0.3) is 0 Å². The molecule has 1 fully saturated rings. The molecule has 2 amide bonds. The lowest BCUT2D eigenvalue weighted by molar-refractivity contribution is 0.227. The Hall–Kier alpha value is -1.40. The highest BCUT2D eigenvalue weighted by molar-refractivity contribution is 7.11. The number of carbonyl (C=O) groups is 1. The molecule has 0 aromatic carbocycles. The van der Waals surface area contributed by atoms with Crippen molar-refractivity contribution >= 4 is 17.4 Å². The lowest BCUT2D eigenvalue weighted by Crippen LogP contribution is -2.43. The molecular formula is C15H21N3O2S. The summed E-state index contributed by atoms with van der Waals surface area (Å²) in [4.78, 5) is 17.8. The molecule has 0 bridgehead atoms. The molecule has 1 unspecified atom stereocenters. The van der Waals surface area contributed by atoms with Crippen molar-refractivity contribution in [1.29, 1.82) is 0 Å². The molecule has 3 N–H and O–H groups in total. The number of aromatic nitrogens is 1. The predicted octanol–water partition coefficient (Wildman–Crippen LogP) is 2.14. The molecule has 1 aromatic heterocycles. The third-order valence-electron chi connectivity index (χ3n) is 4.01. The number of rotatable bonds is 5. The fourth-order valence-electron chi connectivity index (χ4n) is 2.70. The van der Waals surface area contributed by atoms with Gasteiger partial charge in [0.25, 0.3) is 0 Å². The summed E-state index contributed by atoms with van der Waals surface area (Å²) in [6.07, 6.45) is 8.86. The third-order valence-corrected chi connectivity index (χ3v) is 5.00. The minimum absolute atomic E-state index is 0.0139. The van der Waals surface area contributed by atoms with Gasteiger partial charge in [-0.1, -0.05) is 12.2 Å². The van der Waals surface area contributed by atoms with E-state index in [1.165, 1.54) is 4.88 Å². The lowest BCUT2D eigenvalue weighted by atomic mass is 10.1. The van der Waals surface area contributed by atoms with Gasteiger partial charge in [-0.05, 0) is 32.1 Å². The summed E-state index contributed by atoms with van der Waals surface area (Å²) in [6.45, 7) is 2.17. The normalized spacial score (nSPS) is 25.8. The summed E-state index contributed by atoms with van der Waals surface area (Å²) in [5.41, 5.74) is 0. The van der Waals surface area contributed by atoms with E-state index < -0.39 is 0 Å². The van der Waals surface area contributed by atoms with Crippen molar-refractivity contribution in [1.82, 2.24) is 15.6 Å². The zero-order chi connectivity index (χ0) is 14.8. The summed E-state index contributed by atoms with van der Waals surface area (Å²) in [5.74, 6) is 0.682. The van der Waals surface area contributed by atoms with Gasteiger partial charge in [-0.2, -0.15) is 0 Å². The lowest BCUT2D eigenvalue weighted by Gasteiger charge is -2.19. The first kappa shape index (κ1) is 14.5. The van der Waals surface area contributed by atoms with Gasteiger partial charge in [-0.15, -0.1) is 11.3 Å². The van der Waals surface area contributed by atoms with E-state index in [9.17, 15) is 4.79 Å². The highest BCUT2D eigenvalue weighted by Gasteiger charge is 2.35. The fraction of sp³-hybridized carbons (Fsp3) is 0.600. The van der Waals surface area contributed by atoms with Crippen LogP contribution in [0.5, 0.6) is 0 Å². The van der Waals surface area contributed by atoms with Crippen molar-refractivity contribution in [2.24, 2.45) is 11.8 Å². The van der Waals surface area contributed by atoms with Crippen molar-refractivity contribution in [2.75, 3.05) is 6.61 Å². The second kappa shape index (κ2) is 6.15. The minimum Gasteiger partial charge on any atom is -0.396 e. The van der Waals surface area contributed by atoms with Crippen LogP contribution in [0.15, 0.2) is 18.3 Å². The van der Waals surface area contributed by atoms with Gasteiger partial charge in [-0.25, -0.2) is 9.78 Å². The van der Waals surface area contributed by atoms with Crippen LogP contribution in [0.2, 0.25) is 0 Å². The molecule has 0 radical (unpaired) electrons. The first-order chi connectivity index (χ1) is 10.2.